The number of hydrogen-bond acceptors (Lipinski definition) is 4. The lowest BCUT2D eigenvalue weighted by molar-refractivity contribution is 0.0698. The van der Waals surface area contributed by atoms with E-state index in [2.05, 4.69) is 6.92 Å². The van der Waals surface area contributed by atoms with Crippen LogP contribution in [-0.4, -0.2) is 37.6 Å². The van der Waals surface area contributed by atoms with Crippen molar-refractivity contribution in [2.45, 2.75) is 38.6 Å². The molecule has 2 N–H and O–H groups in total. The van der Waals surface area contributed by atoms with Crippen molar-refractivity contribution in [2.75, 3.05) is 26.5 Å². The number of benzene rings is 1. The molecule has 5 nitrogen and oxygen atoms in total. The molecule has 0 aliphatic carbocycles. The van der Waals surface area contributed by atoms with E-state index in [0.29, 0.717) is 22.7 Å². The first-order valence-corrected chi connectivity index (χ1v) is 7.41. The van der Waals surface area contributed by atoms with Crippen molar-refractivity contribution in [1.82, 2.24) is 4.90 Å². The monoisotopic (exact) mass is 292 g/mol. The van der Waals surface area contributed by atoms with Gasteiger partial charge in [0.15, 0.2) is 0 Å². The molecule has 0 spiro atoms. The molecule has 0 radical (unpaired) electrons. The summed E-state index contributed by atoms with van der Waals surface area (Å²) < 4.78 is 10.5. The highest BCUT2D eigenvalue weighted by Crippen LogP contribution is 2.32. The zero-order valence-corrected chi connectivity index (χ0v) is 13.0. The van der Waals surface area contributed by atoms with E-state index in [4.69, 9.17) is 15.2 Å². The molecule has 1 atom stereocenters. The largest absolute Gasteiger partial charge is 0.497 e. The van der Waals surface area contributed by atoms with Crippen LogP contribution < -0.4 is 15.2 Å². The number of rotatable bonds is 3. The van der Waals surface area contributed by atoms with Crippen LogP contribution in [0.25, 0.3) is 0 Å². The minimum absolute atomic E-state index is 0.0425. The van der Waals surface area contributed by atoms with Crippen molar-refractivity contribution in [1.29, 1.82) is 0 Å². The Balaban J connectivity index is 2.37. The second kappa shape index (κ2) is 6.70. The Morgan fingerprint density at radius 1 is 1.24 bits per heavy atom. The maximum absolute atomic E-state index is 12.9. The fourth-order valence-electron chi connectivity index (χ4n) is 2.80. The molecule has 2 rings (SSSR count). The molecule has 0 bridgehead atoms. The summed E-state index contributed by atoms with van der Waals surface area (Å²) in [6.45, 7) is 2.87. The number of nitrogens with two attached hydrogens (primary N) is 1. The number of ether oxygens (including phenoxy) is 2. The Bertz CT molecular complexity index is 516. The van der Waals surface area contributed by atoms with E-state index >= 15 is 0 Å². The molecule has 1 aliphatic heterocycles. The van der Waals surface area contributed by atoms with Crippen LogP contribution in [0.5, 0.6) is 11.5 Å². The van der Waals surface area contributed by atoms with Gasteiger partial charge >= 0.3 is 0 Å². The number of carbonyl (C=O) groups excluding carboxylic acids is 1. The van der Waals surface area contributed by atoms with Gasteiger partial charge in [0.2, 0.25) is 0 Å². The maximum atomic E-state index is 12.9. The van der Waals surface area contributed by atoms with Gasteiger partial charge in [-0.25, -0.2) is 0 Å². The summed E-state index contributed by atoms with van der Waals surface area (Å²) in [7, 11) is 3.10. The van der Waals surface area contributed by atoms with Gasteiger partial charge in [-0.1, -0.05) is 12.8 Å². The SMILES string of the molecule is COc1cc(OC)c(N)c(C(=O)N2CCCCCC2C)c1. The summed E-state index contributed by atoms with van der Waals surface area (Å²) in [4.78, 5) is 14.8. The van der Waals surface area contributed by atoms with Crippen molar-refractivity contribution in [3.63, 3.8) is 0 Å². The third-order valence-electron chi connectivity index (χ3n) is 4.12. The number of nitrogen functional groups attached to an aromatic ring is 1. The van der Waals surface area contributed by atoms with E-state index in [1.165, 1.54) is 20.0 Å². The number of hydrogen-bond donors (Lipinski definition) is 1. The lowest BCUT2D eigenvalue weighted by Gasteiger charge is -2.28. The average Bonchev–Trinajstić information content (AvgIpc) is 2.71. The predicted molar refractivity (Wildman–Crippen MR) is 82.9 cm³/mol. The lowest BCUT2D eigenvalue weighted by atomic mass is 10.1. The second-order valence-electron chi connectivity index (χ2n) is 5.49. The van der Waals surface area contributed by atoms with Gasteiger partial charge < -0.3 is 20.1 Å². The van der Waals surface area contributed by atoms with Crippen LogP contribution in [0.3, 0.4) is 0 Å². The van der Waals surface area contributed by atoms with Gasteiger partial charge in [-0.15, -0.1) is 0 Å². The molecule has 1 heterocycles. The standard InChI is InChI=1S/C16H24N2O3/c1-11-7-5-4-6-8-18(11)16(19)13-9-12(20-2)10-14(21-3)15(13)17/h9-11H,4-8,17H2,1-3H3. The molecule has 1 aromatic rings. The summed E-state index contributed by atoms with van der Waals surface area (Å²) in [5.74, 6) is 1.01. The van der Waals surface area contributed by atoms with E-state index in [1.54, 1.807) is 19.2 Å². The van der Waals surface area contributed by atoms with Crippen molar-refractivity contribution in [3.8, 4) is 11.5 Å². The Labute approximate surface area is 126 Å². The number of nitrogens with zero attached hydrogens (tertiary/aromatic N) is 1. The second-order valence-corrected chi connectivity index (χ2v) is 5.49. The van der Waals surface area contributed by atoms with Gasteiger partial charge in [-0.3, -0.25) is 4.79 Å². The first kappa shape index (κ1) is 15.5. The van der Waals surface area contributed by atoms with Gasteiger partial charge in [-0.05, 0) is 25.8 Å². The minimum atomic E-state index is -0.0425. The minimum Gasteiger partial charge on any atom is -0.497 e. The summed E-state index contributed by atoms with van der Waals surface area (Å²) >= 11 is 0. The summed E-state index contributed by atoms with van der Waals surface area (Å²) in [5.41, 5.74) is 6.91. The predicted octanol–water partition coefficient (Wildman–Crippen LogP) is 2.69. The van der Waals surface area contributed by atoms with Crippen molar-refractivity contribution in [2.24, 2.45) is 0 Å². The van der Waals surface area contributed by atoms with Crippen LogP contribution in [0.15, 0.2) is 12.1 Å². The molecular formula is C16H24N2O3. The van der Waals surface area contributed by atoms with Gasteiger partial charge in [0.05, 0.1) is 25.5 Å². The first-order chi connectivity index (χ1) is 10.1. The van der Waals surface area contributed by atoms with Gasteiger partial charge in [0.25, 0.3) is 5.91 Å². The van der Waals surface area contributed by atoms with Crippen LogP contribution in [0.1, 0.15) is 43.0 Å². The van der Waals surface area contributed by atoms with Crippen LogP contribution >= 0.6 is 0 Å². The van der Waals surface area contributed by atoms with Crippen LogP contribution in [0, 0.1) is 0 Å². The van der Waals surface area contributed by atoms with E-state index in [9.17, 15) is 4.79 Å². The molecule has 1 fully saturated rings. The topological polar surface area (TPSA) is 64.8 Å². The van der Waals surface area contributed by atoms with Crippen LogP contribution in [0.4, 0.5) is 5.69 Å². The summed E-state index contributed by atoms with van der Waals surface area (Å²) in [5, 5.41) is 0. The molecule has 5 heteroatoms. The van der Waals surface area contributed by atoms with Gasteiger partial charge in [-0.2, -0.15) is 0 Å². The normalized spacial score (nSPS) is 19.0. The maximum Gasteiger partial charge on any atom is 0.256 e. The Hall–Kier alpha value is -1.91. The van der Waals surface area contributed by atoms with E-state index in [0.717, 1.165) is 19.4 Å². The molecule has 1 aliphatic rings. The highest BCUT2D eigenvalue weighted by Gasteiger charge is 2.26. The summed E-state index contributed by atoms with van der Waals surface area (Å²) in [6, 6.07) is 3.62. The van der Waals surface area contributed by atoms with Crippen molar-refractivity contribution < 1.29 is 14.3 Å². The fraction of sp³-hybridized carbons (Fsp3) is 0.562. The van der Waals surface area contributed by atoms with E-state index < -0.39 is 0 Å². The Kier molecular flexibility index (Phi) is 4.94. The first-order valence-electron chi connectivity index (χ1n) is 7.41. The number of carbonyl (C=O) groups is 1. The number of anilines is 1. The third-order valence-corrected chi connectivity index (χ3v) is 4.12. The lowest BCUT2D eigenvalue weighted by Crippen LogP contribution is -2.38. The van der Waals surface area contributed by atoms with E-state index in [-0.39, 0.29) is 11.9 Å². The molecule has 1 aromatic carbocycles. The number of methoxy groups -OCH3 is 2. The zero-order chi connectivity index (χ0) is 15.4. The highest BCUT2D eigenvalue weighted by molar-refractivity contribution is 6.01. The molecule has 1 unspecified atom stereocenters. The Morgan fingerprint density at radius 3 is 2.67 bits per heavy atom. The Morgan fingerprint density at radius 2 is 2.00 bits per heavy atom. The molecule has 1 saturated heterocycles. The average molecular weight is 292 g/mol. The summed E-state index contributed by atoms with van der Waals surface area (Å²) in [6.07, 6.45) is 4.41. The molecule has 0 aromatic heterocycles. The molecule has 1 amide bonds. The van der Waals surface area contributed by atoms with Crippen molar-refractivity contribution in [3.05, 3.63) is 17.7 Å². The molecule has 21 heavy (non-hydrogen) atoms. The van der Waals surface area contributed by atoms with Gasteiger partial charge in [0.1, 0.15) is 11.5 Å². The molecule has 116 valence electrons. The van der Waals surface area contributed by atoms with Crippen LogP contribution in [-0.2, 0) is 0 Å². The zero-order valence-electron chi connectivity index (χ0n) is 13.0. The number of likely N-dealkylation sites (tertiary alicyclic amines) is 1. The quantitative estimate of drug-likeness (QED) is 0.870. The van der Waals surface area contributed by atoms with E-state index in [1.807, 2.05) is 4.90 Å². The molecule has 0 saturated carbocycles. The van der Waals surface area contributed by atoms with Crippen molar-refractivity contribution >= 4 is 11.6 Å². The smallest absolute Gasteiger partial charge is 0.256 e. The highest BCUT2D eigenvalue weighted by atomic mass is 16.5. The molecular weight excluding hydrogens is 268 g/mol. The number of amides is 1. The van der Waals surface area contributed by atoms with Gasteiger partial charge in [0, 0.05) is 18.7 Å². The fourth-order valence-corrected chi connectivity index (χ4v) is 2.80. The van der Waals surface area contributed by atoms with Crippen LogP contribution in [0.2, 0.25) is 0 Å². The third kappa shape index (κ3) is 3.23.